The van der Waals surface area contributed by atoms with Crippen molar-refractivity contribution in [2.75, 3.05) is 11.1 Å². The van der Waals surface area contributed by atoms with Crippen molar-refractivity contribution < 1.29 is 0 Å². The molecule has 0 fully saturated rings. The van der Waals surface area contributed by atoms with Crippen molar-refractivity contribution in [2.45, 2.75) is 6.54 Å². The number of hydrogen-bond acceptors (Lipinski definition) is 5. The van der Waals surface area contributed by atoms with Crippen LogP contribution >= 0.6 is 0 Å². The first kappa shape index (κ1) is 8.49. The van der Waals surface area contributed by atoms with Crippen LogP contribution in [0.25, 0.3) is 0 Å². The van der Waals surface area contributed by atoms with Crippen LogP contribution in [0.4, 0.5) is 11.6 Å². The molecule has 2 rings (SSSR count). The Labute approximate surface area is 80.6 Å². The van der Waals surface area contributed by atoms with Gasteiger partial charge in [-0.25, -0.2) is 9.97 Å². The lowest BCUT2D eigenvalue weighted by Crippen LogP contribution is -2.03. The maximum absolute atomic E-state index is 5.45. The molecule has 0 saturated carbocycles. The smallest absolute Gasteiger partial charge is 0.222 e. The van der Waals surface area contributed by atoms with Gasteiger partial charge in [-0.2, -0.15) is 5.10 Å². The highest BCUT2D eigenvalue weighted by molar-refractivity contribution is 5.36. The Hall–Kier alpha value is -2.11. The van der Waals surface area contributed by atoms with Crippen LogP contribution in [0.2, 0.25) is 0 Å². The van der Waals surface area contributed by atoms with Crippen molar-refractivity contribution >= 4 is 11.6 Å². The maximum atomic E-state index is 5.45. The zero-order valence-corrected chi connectivity index (χ0v) is 7.44. The van der Waals surface area contributed by atoms with Gasteiger partial charge < -0.3 is 11.1 Å². The molecule has 0 aliphatic carbocycles. The van der Waals surface area contributed by atoms with Crippen LogP contribution < -0.4 is 11.1 Å². The molecule has 0 spiro atoms. The van der Waals surface area contributed by atoms with Crippen molar-refractivity contribution in [3.8, 4) is 0 Å². The predicted octanol–water partition coefficient (Wildman–Crippen LogP) is 0.394. The van der Waals surface area contributed by atoms with E-state index in [0.29, 0.717) is 18.2 Å². The topological polar surface area (TPSA) is 92.5 Å². The lowest BCUT2D eigenvalue weighted by atomic mass is 10.4. The summed E-state index contributed by atoms with van der Waals surface area (Å²) in [4.78, 5) is 8.00. The largest absolute Gasteiger partial charge is 0.396 e. The summed E-state index contributed by atoms with van der Waals surface area (Å²) < 4.78 is 0. The normalized spacial score (nSPS) is 10.0. The SMILES string of the molecule is Nc1cnc(NCc2cn[nH]c2)nc1. The van der Waals surface area contributed by atoms with E-state index in [0.717, 1.165) is 5.56 Å². The van der Waals surface area contributed by atoms with Crippen molar-refractivity contribution in [2.24, 2.45) is 0 Å². The van der Waals surface area contributed by atoms with Gasteiger partial charge in [0.05, 0.1) is 24.3 Å². The van der Waals surface area contributed by atoms with Crippen LogP contribution in [0, 0.1) is 0 Å². The summed E-state index contributed by atoms with van der Waals surface area (Å²) in [5.41, 5.74) is 7.05. The van der Waals surface area contributed by atoms with Crippen molar-refractivity contribution in [1.82, 2.24) is 20.2 Å². The first-order valence-corrected chi connectivity index (χ1v) is 4.13. The van der Waals surface area contributed by atoms with E-state index < -0.39 is 0 Å². The zero-order chi connectivity index (χ0) is 9.80. The fraction of sp³-hybridized carbons (Fsp3) is 0.125. The molecule has 0 saturated heterocycles. The second-order valence-electron chi connectivity index (χ2n) is 2.80. The van der Waals surface area contributed by atoms with Crippen LogP contribution in [0.15, 0.2) is 24.8 Å². The molecule has 0 amide bonds. The van der Waals surface area contributed by atoms with Gasteiger partial charge in [0.2, 0.25) is 5.95 Å². The zero-order valence-electron chi connectivity index (χ0n) is 7.44. The van der Waals surface area contributed by atoms with E-state index >= 15 is 0 Å². The summed E-state index contributed by atoms with van der Waals surface area (Å²) in [5.74, 6) is 0.556. The molecule has 6 nitrogen and oxygen atoms in total. The lowest BCUT2D eigenvalue weighted by Gasteiger charge is -2.01. The molecule has 0 aliphatic rings. The molecule has 4 N–H and O–H groups in total. The van der Waals surface area contributed by atoms with E-state index in [-0.39, 0.29) is 0 Å². The molecule has 0 aromatic carbocycles. The number of nitrogens with zero attached hydrogens (tertiary/aromatic N) is 3. The Bertz CT molecular complexity index is 379. The Morgan fingerprint density at radius 3 is 2.71 bits per heavy atom. The van der Waals surface area contributed by atoms with Gasteiger partial charge in [0, 0.05) is 18.3 Å². The van der Waals surface area contributed by atoms with Gasteiger partial charge in [0.15, 0.2) is 0 Å². The van der Waals surface area contributed by atoms with Crippen molar-refractivity contribution in [3.63, 3.8) is 0 Å². The molecule has 0 aliphatic heterocycles. The third-order valence-electron chi connectivity index (χ3n) is 1.68. The Morgan fingerprint density at radius 1 is 1.29 bits per heavy atom. The number of H-pyrrole nitrogens is 1. The third kappa shape index (κ3) is 1.98. The minimum atomic E-state index is 0.555. The van der Waals surface area contributed by atoms with E-state index in [4.69, 9.17) is 5.73 Å². The molecular weight excluding hydrogens is 180 g/mol. The highest BCUT2D eigenvalue weighted by Gasteiger charge is 1.96. The molecule has 0 radical (unpaired) electrons. The average Bonchev–Trinajstić information content (AvgIpc) is 2.70. The van der Waals surface area contributed by atoms with Gasteiger partial charge in [-0.1, -0.05) is 0 Å². The number of anilines is 2. The summed E-state index contributed by atoms with van der Waals surface area (Å²) >= 11 is 0. The molecule has 0 bridgehead atoms. The van der Waals surface area contributed by atoms with Crippen LogP contribution in [0.3, 0.4) is 0 Å². The molecule has 0 unspecified atom stereocenters. The van der Waals surface area contributed by atoms with Crippen molar-refractivity contribution in [1.29, 1.82) is 0 Å². The summed E-state index contributed by atoms with van der Waals surface area (Å²) in [5, 5.41) is 9.58. The molecule has 2 aromatic heterocycles. The highest BCUT2D eigenvalue weighted by Crippen LogP contribution is 2.02. The molecule has 14 heavy (non-hydrogen) atoms. The van der Waals surface area contributed by atoms with E-state index in [1.54, 1.807) is 18.6 Å². The standard InChI is InChI=1S/C8H10N6/c9-7-4-11-8(12-5-7)10-1-6-2-13-14-3-6/h2-5H,1,9H2,(H,13,14)(H,10,11,12). The summed E-state index contributed by atoms with van der Waals surface area (Å²) in [6.45, 7) is 0.639. The monoisotopic (exact) mass is 190 g/mol. The Morgan fingerprint density at radius 2 is 2.07 bits per heavy atom. The van der Waals surface area contributed by atoms with Gasteiger partial charge in [0.25, 0.3) is 0 Å². The van der Waals surface area contributed by atoms with Gasteiger partial charge in [-0.3, -0.25) is 5.10 Å². The number of aromatic nitrogens is 4. The second kappa shape index (κ2) is 3.73. The quantitative estimate of drug-likeness (QED) is 0.651. The first-order chi connectivity index (χ1) is 6.84. The number of nitrogens with one attached hydrogen (secondary N) is 2. The third-order valence-corrected chi connectivity index (χ3v) is 1.68. The first-order valence-electron chi connectivity index (χ1n) is 4.13. The summed E-state index contributed by atoms with van der Waals surface area (Å²) in [6, 6.07) is 0. The number of nitrogens with two attached hydrogens (primary N) is 1. The molecular formula is C8H10N6. The van der Waals surface area contributed by atoms with E-state index in [1.807, 2.05) is 6.20 Å². The number of hydrogen-bond donors (Lipinski definition) is 3. The van der Waals surface area contributed by atoms with Crippen LogP contribution in [-0.4, -0.2) is 20.2 Å². The number of aromatic amines is 1. The van der Waals surface area contributed by atoms with Gasteiger partial charge in [0.1, 0.15) is 0 Å². The fourth-order valence-corrected chi connectivity index (χ4v) is 0.985. The fourth-order valence-electron chi connectivity index (χ4n) is 0.985. The molecule has 0 atom stereocenters. The maximum Gasteiger partial charge on any atom is 0.222 e. The van der Waals surface area contributed by atoms with Gasteiger partial charge >= 0.3 is 0 Å². The molecule has 2 aromatic rings. The Kier molecular flexibility index (Phi) is 2.26. The minimum Gasteiger partial charge on any atom is -0.396 e. The Balaban J connectivity index is 1.95. The minimum absolute atomic E-state index is 0.555. The second-order valence-corrected chi connectivity index (χ2v) is 2.80. The van der Waals surface area contributed by atoms with Crippen molar-refractivity contribution in [3.05, 3.63) is 30.4 Å². The van der Waals surface area contributed by atoms with Crippen LogP contribution in [-0.2, 0) is 6.54 Å². The van der Waals surface area contributed by atoms with Gasteiger partial charge in [-0.05, 0) is 0 Å². The van der Waals surface area contributed by atoms with Crippen LogP contribution in [0.1, 0.15) is 5.56 Å². The number of nitrogen functional groups attached to an aromatic ring is 1. The molecule has 6 heteroatoms. The van der Waals surface area contributed by atoms with E-state index in [2.05, 4.69) is 25.5 Å². The molecule has 2 heterocycles. The predicted molar refractivity (Wildman–Crippen MR) is 52.4 cm³/mol. The summed E-state index contributed by atoms with van der Waals surface area (Å²) in [7, 11) is 0. The number of rotatable bonds is 3. The summed E-state index contributed by atoms with van der Waals surface area (Å²) in [6.07, 6.45) is 6.67. The highest BCUT2D eigenvalue weighted by atomic mass is 15.1. The van der Waals surface area contributed by atoms with E-state index in [9.17, 15) is 0 Å². The lowest BCUT2D eigenvalue weighted by molar-refractivity contribution is 1.06. The van der Waals surface area contributed by atoms with E-state index in [1.165, 1.54) is 0 Å². The average molecular weight is 190 g/mol. The van der Waals surface area contributed by atoms with Gasteiger partial charge in [-0.15, -0.1) is 0 Å². The van der Waals surface area contributed by atoms with Crippen LogP contribution in [0.5, 0.6) is 0 Å². The molecule has 72 valence electrons.